The van der Waals surface area contributed by atoms with Gasteiger partial charge in [0.1, 0.15) is 17.6 Å². The van der Waals surface area contributed by atoms with Gasteiger partial charge in [-0.2, -0.15) is 0 Å². The minimum Gasteiger partial charge on any atom is -0.497 e. The van der Waals surface area contributed by atoms with Gasteiger partial charge in [0.25, 0.3) is 0 Å². The van der Waals surface area contributed by atoms with Crippen molar-refractivity contribution < 1.29 is 14.2 Å². The van der Waals surface area contributed by atoms with Crippen LogP contribution in [0, 0.1) is 5.92 Å². The topological polar surface area (TPSA) is 39.7 Å². The van der Waals surface area contributed by atoms with Gasteiger partial charge >= 0.3 is 0 Å². The maximum absolute atomic E-state index is 6.17. The number of ether oxygens (including phenoxy) is 3. The Hall–Kier alpha value is -1.26. The van der Waals surface area contributed by atoms with Crippen LogP contribution < -0.4 is 14.8 Å². The maximum Gasteiger partial charge on any atom is 0.128 e. The van der Waals surface area contributed by atoms with Gasteiger partial charge in [-0.1, -0.05) is 19.9 Å². The largest absolute Gasteiger partial charge is 0.497 e. The fourth-order valence-corrected chi connectivity index (χ4v) is 2.76. The van der Waals surface area contributed by atoms with Crippen LogP contribution in [0.1, 0.15) is 31.9 Å². The monoisotopic (exact) mass is 279 g/mol. The minimum absolute atomic E-state index is 0.165. The minimum atomic E-state index is 0.165. The van der Waals surface area contributed by atoms with E-state index < -0.39 is 0 Å². The molecule has 1 aromatic carbocycles. The maximum atomic E-state index is 6.17. The second-order valence-electron chi connectivity index (χ2n) is 5.34. The van der Waals surface area contributed by atoms with Crippen molar-refractivity contribution in [1.82, 2.24) is 5.32 Å². The van der Waals surface area contributed by atoms with Crippen LogP contribution in [0.4, 0.5) is 0 Å². The Balaban J connectivity index is 2.24. The van der Waals surface area contributed by atoms with Gasteiger partial charge in [-0.25, -0.2) is 0 Å². The first-order chi connectivity index (χ1) is 9.69. The number of nitrogens with one attached hydrogen (secondary N) is 1. The summed E-state index contributed by atoms with van der Waals surface area (Å²) in [5, 5.41) is 3.54. The van der Waals surface area contributed by atoms with Crippen LogP contribution in [0.2, 0.25) is 0 Å². The lowest BCUT2D eigenvalue weighted by molar-refractivity contribution is 0.0501. The van der Waals surface area contributed by atoms with E-state index in [0.29, 0.717) is 18.6 Å². The predicted octanol–water partition coefficient (Wildman–Crippen LogP) is 2.78. The zero-order valence-corrected chi connectivity index (χ0v) is 12.8. The van der Waals surface area contributed by atoms with Crippen molar-refractivity contribution in [2.45, 2.75) is 32.4 Å². The van der Waals surface area contributed by atoms with Crippen molar-refractivity contribution in [3.05, 3.63) is 23.8 Å². The average molecular weight is 279 g/mol. The number of rotatable bonds is 6. The molecule has 0 bridgehead atoms. The quantitative estimate of drug-likeness (QED) is 0.869. The molecule has 0 spiro atoms. The summed E-state index contributed by atoms with van der Waals surface area (Å²) in [6, 6.07) is 6.40. The lowest BCUT2D eigenvalue weighted by atomic mass is 9.90. The number of fused-ring (bicyclic) bond motifs is 1. The average Bonchev–Trinajstić information content (AvgIpc) is 2.47. The Kier molecular flexibility index (Phi) is 5.26. The molecular formula is C16H25NO3. The summed E-state index contributed by atoms with van der Waals surface area (Å²) in [5.74, 6) is 2.12. The molecule has 0 saturated heterocycles. The normalized spacial score (nSPS) is 22.8. The van der Waals surface area contributed by atoms with Crippen molar-refractivity contribution in [3.8, 4) is 11.5 Å². The molecule has 0 aliphatic carbocycles. The molecule has 1 aliphatic heterocycles. The number of hydrogen-bond acceptors (Lipinski definition) is 4. The fraction of sp³-hybridized carbons (Fsp3) is 0.625. The van der Waals surface area contributed by atoms with Crippen molar-refractivity contribution >= 4 is 0 Å². The van der Waals surface area contributed by atoms with Crippen molar-refractivity contribution in [3.63, 3.8) is 0 Å². The van der Waals surface area contributed by atoms with E-state index in [1.54, 1.807) is 14.2 Å². The second kappa shape index (κ2) is 6.95. The molecule has 3 atom stereocenters. The van der Waals surface area contributed by atoms with E-state index in [2.05, 4.69) is 25.2 Å². The van der Waals surface area contributed by atoms with E-state index in [1.165, 1.54) is 5.56 Å². The van der Waals surface area contributed by atoms with Crippen LogP contribution in [-0.4, -0.2) is 33.5 Å². The molecule has 0 aromatic heterocycles. The standard InChI is InChI=1S/C16H25NO3/c1-5-17-14-9-15(11(2)10-18-3)20-16-8-12(19-4)6-7-13(14)16/h6-8,11,14-15,17H,5,9-10H2,1-4H3. The Bertz CT molecular complexity index is 436. The molecule has 20 heavy (non-hydrogen) atoms. The zero-order valence-electron chi connectivity index (χ0n) is 12.8. The summed E-state index contributed by atoms with van der Waals surface area (Å²) in [4.78, 5) is 0. The van der Waals surface area contributed by atoms with Gasteiger partial charge in [-0.05, 0) is 12.6 Å². The van der Waals surface area contributed by atoms with Crippen LogP contribution in [0.5, 0.6) is 11.5 Å². The molecule has 2 rings (SSSR count). The summed E-state index contributed by atoms with van der Waals surface area (Å²) in [7, 11) is 3.41. The first-order valence-corrected chi connectivity index (χ1v) is 7.26. The van der Waals surface area contributed by atoms with Gasteiger partial charge in [-0.3, -0.25) is 0 Å². The van der Waals surface area contributed by atoms with Crippen molar-refractivity contribution in [2.24, 2.45) is 5.92 Å². The van der Waals surface area contributed by atoms with E-state index >= 15 is 0 Å². The third-order valence-electron chi connectivity index (χ3n) is 3.86. The van der Waals surface area contributed by atoms with E-state index in [-0.39, 0.29) is 6.10 Å². The first kappa shape index (κ1) is 15.1. The molecular weight excluding hydrogens is 254 g/mol. The van der Waals surface area contributed by atoms with E-state index in [4.69, 9.17) is 14.2 Å². The van der Waals surface area contributed by atoms with Crippen molar-refractivity contribution in [2.75, 3.05) is 27.4 Å². The number of methoxy groups -OCH3 is 2. The third kappa shape index (κ3) is 3.25. The smallest absolute Gasteiger partial charge is 0.128 e. The molecule has 1 aliphatic rings. The van der Waals surface area contributed by atoms with Crippen LogP contribution in [-0.2, 0) is 4.74 Å². The van der Waals surface area contributed by atoms with Crippen LogP contribution in [0.25, 0.3) is 0 Å². The van der Waals surface area contributed by atoms with Crippen LogP contribution in [0.3, 0.4) is 0 Å². The van der Waals surface area contributed by atoms with Gasteiger partial charge in [0, 0.05) is 37.1 Å². The summed E-state index contributed by atoms with van der Waals surface area (Å²) >= 11 is 0. The van der Waals surface area contributed by atoms with Gasteiger partial charge in [0.2, 0.25) is 0 Å². The Morgan fingerprint density at radius 3 is 2.85 bits per heavy atom. The summed E-state index contributed by atoms with van der Waals surface area (Å²) < 4.78 is 16.7. The highest BCUT2D eigenvalue weighted by molar-refractivity contribution is 5.44. The molecule has 4 heteroatoms. The molecule has 0 amide bonds. The summed E-state index contributed by atoms with van der Waals surface area (Å²) in [5.41, 5.74) is 1.22. The van der Waals surface area contributed by atoms with Gasteiger partial charge in [0.15, 0.2) is 0 Å². The first-order valence-electron chi connectivity index (χ1n) is 7.26. The molecule has 3 unspecified atom stereocenters. The van der Waals surface area contributed by atoms with Gasteiger partial charge in [-0.15, -0.1) is 0 Å². The number of benzene rings is 1. The molecule has 0 radical (unpaired) electrons. The molecule has 1 aromatic rings. The molecule has 1 heterocycles. The summed E-state index contributed by atoms with van der Waals surface area (Å²) in [6.07, 6.45) is 1.14. The molecule has 0 fully saturated rings. The Morgan fingerprint density at radius 2 is 2.20 bits per heavy atom. The highest BCUT2D eigenvalue weighted by atomic mass is 16.5. The van der Waals surface area contributed by atoms with Gasteiger partial charge in [0.05, 0.1) is 13.7 Å². The lowest BCUT2D eigenvalue weighted by Gasteiger charge is -2.35. The molecule has 1 N–H and O–H groups in total. The highest BCUT2D eigenvalue weighted by Crippen LogP contribution is 2.38. The Labute approximate surface area is 121 Å². The van der Waals surface area contributed by atoms with Gasteiger partial charge < -0.3 is 19.5 Å². The molecule has 0 saturated carbocycles. The Morgan fingerprint density at radius 1 is 1.40 bits per heavy atom. The zero-order chi connectivity index (χ0) is 14.5. The van der Waals surface area contributed by atoms with Crippen LogP contribution in [0.15, 0.2) is 18.2 Å². The van der Waals surface area contributed by atoms with E-state index in [9.17, 15) is 0 Å². The third-order valence-corrected chi connectivity index (χ3v) is 3.86. The SMILES string of the molecule is CCNC1CC(C(C)COC)Oc2cc(OC)ccc21. The van der Waals surface area contributed by atoms with Crippen LogP contribution >= 0.6 is 0 Å². The number of hydrogen-bond donors (Lipinski definition) is 1. The van der Waals surface area contributed by atoms with E-state index in [1.807, 2.05) is 12.1 Å². The fourth-order valence-electron chi connectivity index (χ4n) is 2.76. The van der Waals surface area contributed by atoms with E-state index in [0.717, 1.165) is 24.5 Å². The lowest BCUT2D eigenvalue weighted by Crippen LogP contribution is -2.37. The molecule has 4 nitrogen and oxygen atoms in total. The predicted molar refractivity (Wildman–Crippen MR) is 79.5 cm³/mol. The van der Waals surface area contributed by atoms with Crippen molar-refractivity contribution in [1.29, 1.82) is 0 Å². The second-order valence-corrected chi connectivity index (χ2v) is 5.34. The summed E-state index contributed by atoms with van der Waals surface area (Å²) in [6.45, 7) is 5.96. The highest BCUT2D eigenvalue weighted by Gasteiger charge is 2.31. The molecule has 112 valence electrons.